The zero-order valence-electron chi connectivity index (χ0n) is 38.7. The number of pyridine rings is 1. The molecular formula is C55H35N9O6S3. The number of benzene rings is 6. The van der Waals surface area contributed by atoms with E-state index in [-0.39, 0.29) is 0 Å². The summed E-state index contributed by atoms with van der Waals surface area (Å²) in [5.74, 6) is 0.410. The summed E-state index contributed by atoms with van der Waals surface area (Å²) in [5.41, 5.74) is 6.35. The van der Waals surface area contributed by atoms with E-state index in [0.29, 0.717) is 68.0 Å². The molecule has 15 nitrogen and oxygen atoms in total. The highest BCUT2D eigenvalue weighted by Gasteiger charge is 2.27. The van der Waals surface area contributed by atoms with Gasteiger partial charge in [-0.05, 0) is 84.9 Å². The van der Waals surface area contributed by atoms with E-state index in [1.54, 1.807) is 48.8 Å². The average Bonchev–Trinajstić information content (AvgIpc) is 4.18. The van der Waals surface area contributed by atoms with Gasteiger partial charge in [-0.3, -0.25) is 4.98 Å². The van der Waals surface area contributed by atoms with Gasteiger partial charge < -0.3 is 24.2 Å². The maximum Gasteiger partial charge on any atom is 0.337 e. The van der Waals surface area contributed by atoms with Crippen LogP contribution in [-0.4, -0.2) is 84.1 Å². The Kier molecular flexibility index (Phi) is 11.7. The summed E-state index contributed by atoms with van der Waals surface area (Å²) >= 11 is 4.48. The van der Waals surface area contributed by atoms with E-state index in [9.17, 15) is 14.4 Å². The maximum absolute atomic E-state index is 12.3. The molecule has 354 valence electrons. The summed E-state index contributed by atoms with van der Waals surface area (Å²) in [6.07, 6.45) is 3.53. The minimum atomic E-state index is -0.431. The first kappa shape index (κ1) is 45.4. The van der Waals surface area contributed by atoms with Gasteiger partial charge in [0, 0.05) is 85.6 Å². The van der Waals surface area contributed by atoms with E-state index in [1.165, 1.54) is 56.6 Å². The summed E-state index contributed by atoms with van der Waals surface area (Å²) in [7, 11) is 4.07. The number of H-pyrrole nitrogens is 2. The highest BCUT2D eigenvalue weighted by molar-refractivity contribution is 8.00. The van der Waals surface area contributed by atoms with Crippen LogP contribution >= 0.6 is 35.3 Å². The first-order chi connectivity index (χ1) is 35.7. The quantitative estimate of drug-likeness (QED) is 0.102. The molecule has 12 rings (SSSR count). The number of nitrogens with one attached hydrogen (secondary N) is 2. The maximum atomic E-state index is 12.3. The average molecular weight is 1010 g/mol. The van der Waals surface area contributed by atoms with Gasteiger partial charge in [-0.25, -0.2) is 44.3 Å². The van der Waals surface area contributed by atoms with Crippen LogP contribution in [0.4, 0.5) is 0 Å². The first-order valence-electron chi connectivity index (χ1n) is 22.5. The largest absolute Gasteiger partial charge is 0.465 e. The Morgan fingerprint density at radius 2 is 0.795 bits per heavy atom. The van der Waals surface area contributed by atoms with Crippen LogP contribution < -0.4 is 0 Å². The lowest BCUT2D eigenvalue weighted by Gasteiger charge is -2.08. The van der Waals surface area contributed by atoms with Crippen molar-refractivity contribution in [3.8, 4) is 45.6 Å². The van der Waals surface area contributed by atoms with Crippen molar-refractivity contribution in [2.75, 3.05) is 21.3 Å². The van der Waals surface area contributed by atoms with E-state index in [0.717, 1.165) is 67.8 Å². The zero-order valence-corrected chi connectivity index (χ0v) is 41.1. The lowest BCUT2D eigenvalue weighted by Crippen LogP contribution is -2.00. The number of nitrogens with zero attached hydrogens (tertiary/aromatic N) is 7. The normalized spacial score (nSPS) is 11.5. The van der Waals surface area contributed by atoms with Gasteiger partial charge in [0.1, 0.15) is 22.6 Å². The number of ether oxygens (including phenoxy) is 3. The van der Waals surface area contributed by atoms with Crippen LogP contribution in [0.2, 0.25) is 0 Å². The fourth-order valence-corrected chi connectivity index (χ4v) is 11.5. The molecule has 2 aliphatic rings. The van der Waals surface area contributed by atoms with Crippen molar-refractivity contribution in [3.63, 3.8) is 0 Å². The number of fused-ring (bicyclic) bond motifs is 20. The van der Waals surface area contributed by atoms with Gasteiger partial charge in [0.25, 0.3) is 0 Å². The third-order valence-corrected chi connectivity index (χ3v) is 15.3. The molecule has 18 heteroatoms. The van der Waals surface area contributed by atoms with Crippen LogP contribution in [0.5, 0.6) is 0 Å². The highest BCUT2D eigenvalue weighted by Crippen LogP contribution is 2.46. The molecule has 6 heterocycles. The highest BCUT2D eigenvalue weighted by atomic mass is 32.2. The van der Waals surface area contributed by atoms with Crippen molar-refractivity contribution in [2.45, 2.75) is 29.4 Å². The molecule has 0 radical (unpaired) electrons. The molecule has 4 aromatic heterocycles. The molecule has 6 aromatic carbocycles. The second kappa shape index (κ2) is 18.8. The standard InChI is InChI=1S/C55H35N9O6S3/c1-68-53(65)28-14-20-31(21-15-28)71-39-12-6-10-36-42(39)51-60-47(36)58-45-34-8-4-5-9-35(34)46(57-45)59-50-43-37(11-7-13-40(43)72-32-22-16-29(17-23-32)54(66)69-2)48(61-50)62-52-44-38(49(63-51)64-52)26-56-27-41(44)73-33-24-18-30(19-25-33)55(67)70-3/h4-27H,1-3H3,(H2,57,58,59,60,61,62,63,64). The van der Waals surface area contributed by atoms with Gasteiger partial charge >= 0.3 is 17.9 Å². The van der Waals surface area contributed by atoms with Gasteiger partial charge in [-0.1, -0.05) is 83.8 Å². The fraction of sp³-hybridized carbons (Fsp3) is 0.0545. The Bertz CT molecular complexity index is 4020. The lowest BCUT2D eigenvalue weighted by molar-refractivity contribution is 0.0592. The van der Waals surface area contributed by atoms with Crippen molar-refractivity contribution in [1.29, 1.82) is 0 Å². The van der Waals surface area contributed by atoms with Crippen molar-refractivity contribution < 1.29 is 28.6 Å². The number of hydrogen-bond donors (Lipinski definition) is 2. The van der Waals surface area contributed by atoms with Gasteiger partial charge in [0.15, 0.2) is 23.3 Å². The van der Waals surface area contributed by atoms with E-state index in [4.69, 9.17) is 49.1 Å². The number of hydrogen-bond acceptors (Lipinski definition) is 16. The van der Waals surface area contributed by atoms with E-state index in [2.05, 4.69) is 9.97 Å². The SMILES string of the molecule is COC(=O)c1ccc(Sc2cccc3c2-c2nc-3nc3[nH]c(nc4nc(nc5[nH]c(n2)c2ccccc52)-c2cccc(Sc5ccc(C(=O)OC)cc5)c2-4)c2cncc(Sc4ccc(C(=O)OC)cc4)c32)cc1. The molecule has 0 atom stereocenters. The van der Waals surface area contributed by atoms with Gasteiger partial charge in [-0.2, -0.15) is 0 Å². The Hall–Kier alpha value is -8.71. The first-order valence-corrected chi connectivity index (χ1v) is 24.9. The predicted octanol–water partition coefficient (Wildman–Crippen LogP) is 12.1. The van der Waals surface area contributed by atoms with Gasteiger partial charge in [-0.15, -0.1) is 0 Å². The van der Waals surface area contributed by atoms with E-state index in [1.807, 2.05) is 97.1 Å². The molecule has 0 amide bonds. The molecule has 0 spiro atoms. The number of methoxy groups -OCH3 is 3. The van der Waals surface area contributed by atoms with E-state index >= 15 is 0 Å². The molecule has 0 unspecified atom stereocenters. The zero-order chi connectivity index (χ0) is 49.7. The fourth-order valence-electron chi connectivity index (χ4n) is 8.64. The third kappa shape index (κ3) is 8.39. The topological polar surface area (TPSA) is 201 Å². The molecule has 10 aromatic rings. The Balaban J connectivity index is 1.12. The molecule has 0 aliphatic carbocycles. The number of aromatic nitrogens is 9. The molecule has 2 N–H and O–H groups in total. The van der Waals surface area contributed by atoms with Crippen molar-refractivity contribution in [2.24, 2.45) is 0 Å². The summed E-state index contributed by atoms with van der Waals surface area (Å²) in [6.45, 7) is 0. The monoisotopic (exact) mass is 1010 g/mol. The van der Waals surface area contributed by atoms with Gasteiger partial charge in [0.2, 0.25) is 0 Å². The molecule has 2 aliphatic heterocycles. The van der Waals surface area contributed by atoms with Crippen molar-refractivity contribution >= 4 is 97.3 Å². The predicted molar refractivity (Wildman–Crippen MR) is 280 cm³/mol. The van der Waals surface area contributed by atoms with Crippen LogP contribution in [0.1, 0.15) is 31.1 Å². The van der Waals surface area contributed by atoms with Crippen LogP contribution in [0.3, 0.4) is 0 Å². The molecule has 0 saturated heterocycles. The third-order valence-electron chi connectivity index (χ3n) is 12.1. The Morgan fingerprint density at radius 3 is 1.25 bits per heavy atom. The van der Waals surface area contributed by atoms with Crippen LogP contribution in [0.25, 0.3) is 89.7 Å². The van der Waals surface area contributed by atoms with Crippen molar-refractivity contribution in [3.05, 3.63) is 163 Å². The van der Waals surface area contributed by atoms with Crippen LogP contribution in [0.15, 0.2) is 175 Å². The number of rotatable bonds is 9. The number of carbonyl (C=O) groups is 3. The van der Waals surface area contributed by atoms with Crippen molar-refractivity contribution in [1.82, 2.24) is 44.9 Å². The minimum absolute atomic E-state index is 0.405. The summed E-state index contributed by atoms with van der Waals surface area (Å²) in [5, 5.41) is 3.05. The molecular weight excluding hydrogens is 979 g/mol. The molecule has 0 fully saturated rings. The van der Waals surface area contributed by atoms with E-state index < -0.39 is 17.9 Å². The second-order valence-electron chi connectivity index (χ2n) is 16.4. The molecule has 73 heavy (non-hydrogen) atoms. The Labute approximate surface area is 427 Å². The summed E-state index contributed by atoms with van der Waals surface area (Å²) < 4.78 is 14.8. The Morgan fingerprint density at radius 1 is 0.397 bits per heavy atom. The minimum Gasteiger partial charge on any atom is -0.465 e. The summed E-state index contributed by atoms with van der Waals surface area (Å²) in [4.78, 5) is 85.5. The molecule has 0 saturated carbocycles. The second-order valence-corrected chi connectivity index (χ2v) is 19.8. The van der Waals surface area contributed by atoms with Crippen LogP contribution in [0, 0.1) is 0 Å². The van der Waals surface area contributed by atoms with Gasteiger partial charge in [0.05, 0.1) is 38.0 Å². The summed E-state index contributed by atoms with van der Waals surface area (Å²) in [6, 6.07) is 41.4. The number of carbonyl (C=O) groups excluding carboxylic acids is 3. The molecule has 8 bridgehead atoms. The number of aromatic amines is 2. The smallest absolute Gasteiger partial charge is 0.337 e. The number of esters is 3. The lowest BCUT2D eigenvalue weighted by atomic mass is 10.1. The van der Waals surface area contributed by atoms with Crippen LogP contribution in [-0.2, 0) is 14.2 Å².